The van der Waals surface area contributed by atoms with Gasteiger partial charge < -0.3 is 0 Å². The molecule has 0 atom stereocenters. The number of hydrogen-bond donors (Lipinski definition) is 0. The molecule has 0 saturated heterocycles. The highest BCUT2D eigenvalue weighted by Crippen LogP contribution is 2.55. The Labute approximate surface area is 176 Å². The van der Waals surface area contributed by atoms with Crippen molar-refractivity contribution in [2.75, 3.05) is 0 Å². The van der Waals surface area contributed by atoms with Gasteiger partial charge in [-0.3, -0.25) is 0 Å². The predicted octanol–water partition coefficient (Wildman–Crippen LogP) is 7.87. The summed E-state index contributed by atoms with van der Waals surface area (Å²) < 4.78 is 0. The van der Waals surface area contributed by atoms with Gasteiger partial charge in [0.25, 0.3) is 0 Å². The van der Waals surface area contributed by atoms with E-state index in [0.717, 1.165) is 6.42 Å². The van der Waals surface area contributed by atoms with Gasteiger partial charge in [-0.2, -0.15) is 0 Å². The Morgan fingerprint density at radius 3 is 2.13 bits per heavy atom. The zero-order valence-electron chi connectivity index (χ0n) is 17.3. The minimum Gasteiger partial charge on any atom is -0.0619 e. The lowest BCUT2D eigenvalue weighted by atomic mass is 9.81. The predicted molar refractivity (Wildman–Crippen MR) is 127 cm³/mol. The van der Waals surface area contributed by atoms with Crippen molar-refractivity contribution in [3.63, 3.8) is 0 Å². The van der Waals surface area contributed by atoms with Crippen LogP contribution in [-0.2, 0) is 11.8 Å². The largest absolute Gasteiger partial charge is 0.0619 e. The standard InChI is InChI=1S/C30H22/c1-30(2)25-14-8-7-13-23(25)29-26(30)16-15-22-24-17-18-9-3-4-10-19(18)27(24)20-11-5-6-12-21(20)28(22)29/h3-16H,17H2,1-2H3. The van der Waals surface area contributed by atoms with Crippen LogP contribution < -0.4 is 0 Å². The molecule has 5 aromatic rings. The van der Waals surface area contributed by atoms with Gasteiger partial charge in [0, 0.05) is 5.41 Å². The second-order valence-corrected chi connectivity index (χ2v) is 9.31. The maximum absolute atomic E-state index is 2.40. The highest BCUT2D eigenvalue weighted by atomic mass is 14.4. The van der Waals surface area contributed by atoms with Gasteiger partial charge >= 0.3 is 0 Å². The fourth-order valence-corrected chi connectivity index (χ4v) is 6.14. The van der Waals surface area contributed by atoms with Crippen LogP contribution in [-0.4, -0.2) is 0 Å². The summed E-state index contributed by atoms with van der Waals surface area (Å²) in [6.07, 6.45) is 1.02. The summed E-state index contributed by atoms with van der Waals surface area (Å²) in [6.45, 7) is 4.74. The molecule has 0 aliphatic heterocycles. The molecule has 0 heteroatoms. The third-order valence-corrected chi connectivity index (χ3v) is 7.49. The molecular weight excluding hydrogens is 360 g/mol. The highest BCUT2D eigenvalue weighted by Gasteiger charge is 2.37. The van der Waals surface area contributed by atoms with Gasteiger partial charge in [0.05, 0.1) is 0 Å². The van der Waals surface area contributed by atoms with Crippen molar-refractivity contribution >= 4 is 21.5 Å². The molecule has 7 rings (SSSR count). The SMILES string of the molecule is CC1(C)c2ccccc2-c2c1ccc1c3c(c4ccccc4c21)-c1ccccc1C3. The van der Waals surface area contributed by atoms with E-state index in [1.165, 1.54) is 66.1 Å². The van der Waals surface area contributed by atoms with Gasteiger partial charge in [-0.05, 0) is 72.5 Å². The molecule has 2 aliphatic carbocycles. The maximum Gasteiger partial charge on any atom is 0.0159 e. The lowest BCUT2D eigenvalue weighted by molar-refractivity contribution is 0.661. The average Bonchev–Trinajstić information content (AvgIpc) is 3.28. The molecule has 2 aliphatic rings. The average molecular weight is 383 g/mol. The van der Waals surface area contributed by atoms with E-state index in [1.807, 2.05) is 0 Å². The minimum absolute atomic E-state index is 0.0310. The van der Waals surface area contributed by atoms with Crippen molar-refractivity contribution in [3.8, 4) is 22.3 Å². The molecule has 0 unspecified atom stereocenters. The molecule has 0 heterocycles. The van der Waals surface area contributed by atoms with Crippen LogP contribution in [0.1, 0.15) is 36.1 Å². The molecule has 0 saturated carbocycles. The van der Waals surface area contributed by atoms with Crippen molar-refractivity contribution < 1.29 is 0 Å². The van der Waals surface area contributed by atoms with E-state index in [4.69, 9.17) is 0 Å². The Kier molecular flexibility index (Phi) is 2.96. The van der Waals surface area contributed by atoms with E-state index < -0.39 is 0 Å². The lowest BCUT2D eigenvalue weighted by Gasteiger charge is -2.22. The Morgan fingerprint density at radius 1 is 0.567 bits per heavy atom. The van der Waals surface area contributed by atoms with Gasteiger partial charge in [-0.25, -0.2) is 0 Å². The Morgan fingerprint density at radius 2 is 1.27 bits per heavy atom. The molecule has 0 fully saturated rings. The molecular formula is C30H22. The van der Waals surface area contributed by atoms with Crippen molar-refractivity contribution in [3.05, 3.63) is 107 Å². The number of hydrogen-bond acceptors (Lipinski definition) is 0. The van der Waals surface area contributed by atoms with Crippen LogP contribution in [0, 0.1) is 0 Å². The van der Waals surface area contributed by atoms with Crippen LogP contribution in [0.5, 0.6) is 0 Å². The number of fused-ring (bicyclic) bond motifs is 12. The molecule has 0 spiro atoms. The molecule has 0 amide bonds. The van der Waals surface area contributed by atoms with Crippen molar-refractivity contribution in [1.82, 2.24) is 0 Å². The van der Waals surface area contributed by atoms with E-state index in [-0.39, 0.29) is 5.41 Å². The van der Waals surface area contributed by atoms with Gasteiger partial charge in [0.15, 0.2) is 0 Å². The summed E-state index contributed by atoms with van der Waals surface area (Å²) in [6, 6.07) is 31.8. The zero-order valence-corrected chi connectivity index (χ0v) is 17.3. The number of rotatable bonds is 0. The highest BCUT2D eigenvalue weighted by molar-refractivity contribution is 6.22. The first-order valence-corrected chi connectivity index (χ1v) is 10.8. The van der Waals surface area contributed by atoms with Gasteiger partial charge in [-0.1, -0.05) is 98.8 Å². The normalized spacial score (nSPS) is 15.1. The first-order valence-electron chi connectivity index (χ1n) is 10.8. The summed E-state index contributed by atoms with van der Waals surface area (Å²) >= 11 is 0. The molecule has 0 aromatic heterocycles. The Hall–Kier alpha value is -3.38. The third kappa shape index (κ3) is 1.83. The molecule has 30 heavy (non-hydrogen) atoms. The van der Waals surface area contributed by atoms with Crippen LogP contribution in [0.3, 0.4) is 0 Å². The summed E-state index contributed by atoms with van der Waals surface area (Å²) in [5.74, 6) is 0. The Bertz CT molecular complexity index is 1530. The first kappa shape index (κ1) is 16.4. The van der Waals surface area contributed by atoms with Gasteiger partial charge in [0.1, 0.15) is 0 Å². The van der Waals surface area contributed by atoms with Gasteiger partial charge in [-0.15, -0.1) is 0 Å². The fourth-order valence-electron chi connectivity index (χ4n) is 6.14. The van der Waals surface area contributed by atoms with E-state index in [9.17, 15) is 0 Å². The number of benzene rings is 5. The smallest absolute Gasteiger partial charge is 0.0159 e. The second-order valence-electron chi connectivity index (χ2n) is 9.31. The van der Waals surface area contributed by atoms with Crippen LogP contribution in [0.25, 0.3) is 43.8 Å². The Balaban J connectivity index is 1.73. The maximum atomic E-state index is 2.40. The van der Waals surface area contributed by atoms with E-state index in [0.29, 0.717) is 0 Å². The fraction of sp³-hybridized carbons (Fsp3) is 0.133. The first-order chi connectivity index (χ1) is 14.7. The minimum atomic E-state index is 0.0310. The van der Waals surface area contributed by atoms with Crippen LogP contribution >= 0.6 is 0 Å². The monoisotopic (exact) mass is 382 g/mol. The van der Waals surface area contributed by atoms with E-state index in [1.54, 1.807) is 0 Å². The van der Waals surface area contributed by atoms with Crippen LogP contribution in [0.4, 0.5) is 0 Å². The van der Waals surface area contributed by atoms with E-state index in [2.05, 4.69) is 98.8 Å². The molecule has 142 valence electrons. The summed E-state index contributed by atoms with van der Waals surface area (Å²) in [5, 5.41) is 5.63. The quantitative estimate of drug-likeness (QED) is 0.234. The van der Waals surface area contributed by atoms with Gasteiger partial charge in [0.2, 0.25) is 0 Å². The third-order valence-electron chi connectivity index (χ3n) is 7.49. The molecule has 0 nitrogen and oxygen atoms in total. The molecule has 0 N–H and O–H groups in total. The lowest BCUT2D eigenvalue weighted by Crippen LogP contribution is -2.14. The van der Waals surface area contributed by atoms with Crippen LogP contribution in [0.2, 0.25) is 0 Å². The van der Waals surface area contributed by atoms with E-state index >= 15 is 0 Å². The van der Waals surface area contributed by atoms with Crippen molar-refractivity contribution in [2.24, 2.45) is 0 Å². The summed E-state index contributed by atoms with van der Waals surface area (Å²) in [7, 11) is 0. The molecule has 0 radical (unpaired) electrons. The van der Waals surface area contributed by atoms with Crippen molar-refractivity contribution in [2.45, 2.75) is 25.7 Å². The van der Waals surface area contributed by atoms with Crippen LogP contribution in [0.15, 0.2) is 84.9 Å². The zero-order chi connectivity index (χ0) is 20.0. The summed E-state index contributed by atoms with van der Waals surface area (Å²) in [5.41, 5.74) is 11.6. The summed E-state index contributed by atoms with van der Waals surface area (Å²) in [4.78, 5) is 0. The second kappa shape index (κ2) is 5.40. The molecule has 0 bridgehead atoms. The van der Waals surface area contributed by atoms with Crippen molar-refractivity contribution in [1.29, 1.82) is 0 Å². The topological polar surface area (TPSA) is 0 Å². The molecule has 5 aromatic carbocycles.